The minimum Gasteiger partial charge on any atom is -0.335 e. The molecule has 1 aliphatic rings. The summed E-state index contributed by atoms with van der Waals surface area (Å²) in [4.78, 5) is 28.8. The maximum absolute atomic E-state index is 12.3. The third-order valence-corrected chi connectivity index (χ3v) is 5.54. The van der Waals surface area contributed by atoms with Gasteiger partial charge in [-0.2, -0.15) is 0 Å². The molecule has 27 heavy (non-hydrogen) atoms. The number of carbonyl (C=O) groups excluding carboxylic acids is 2. The highest BCUT2D eigenvalue weighted by Crippen LogP contribution is 2.28. The zero-order chi connectivity index (χ0) is 18.6. The second-order valence-electron chi connectivity index (χ2n) is 6.60. The Hall–Kier alpha value is -2.93. The van der Waals surface area contributed by atoms with E-state index in [1.165, 1.54) is 24.2 Å². The van der Waals surface area contributed by atoms with Gasteiger partial charge >= 0.3 is 6.03 Å². The van der Waals surface area contributed by atoms with E-state index in [0.717, 1.165) is 23.1 Å². The minimum absolute atomic E-state index is 0.186. The lowest BCUT2D eigenvalue weighted by atomic mass is 10.2. The number of rotatable bonds is 4. The summed E-state index contributed by atoms with van der Waals surface area (Å²) in [7, 11) is 0. The van der Waals surface area contributed by atoms with Gasteiger partial charge in [0.1, 0.15) is 0 Å². The summed E-state index contributed by atoms with van der Waals surface area (Å²) in [6.45, 7) is 0. The molecule has 1 heterocycles. The number of nitrogens with one attached hydrogen (secondary N) is 3. The first kappa shape index (κ1) is 17.5. The largest absolute Gasteiger partial charge is 0.335 e. The molecule has 0 saturated heterocycles. The highest BCUT2D eigenvalue weighted by atomic mass is 32.1. The van der Waals surface area contributed by atoms with Crippen molar-refractivity contribution < 1.29 is 9.59 Å². The molecule has 7 heteroatoms. The molecular formula is C20H20N4O2S. The quantitative estimate of drug-likeness (QED) is 0.618. The zero-order valence-corrected chi connectivity index (χ0v) is 15.5. The molecule has 0 unspecified atom stereocenters. The van der Waals surface area contributed by atoms with E-state index in [4.69, 9.17) is 0 Å². The molecule has 6 nitrogen and oxygen atoms in total. The van der Waals surface area contributed by atoms with Gasteiger partial charge in [0.05, 0.1) is 10.2 Å². The summed E-state index contributed by atoms with van der Waals surface area (Å²) in [6.07, 6.45) is 4.44. The monoisotopic (exact) mass is 380 g/mol. The molecule has 1 aromatic heterocycles. The standard InChI is InChI=1S/C20H20N4O2S/c25-18(13-6-2-1-3-7-13)24-20-23-16-12-15(10-11-17(16)27-20)22-19(26)21-14-8-4-5-9-14/h1-3,6-7,10-12,14H,4-5,8-9H2,(H2,21,22,26)(H,23,24,25). The highest BCUT2D eigenvalue weighted by Gasteiger charge is 2.17. The van der Waals surface area contributed by atoms with Gasteiger partial charge in [0.15, 0.2) is 5.13 Å². The second-order valence-corrected chi connectivity index (χ2v) is 7.63. The summed E-state index contributed by atoms with van der Waals surface area (Å²) in [5.74, 6) is -0.191. The molecule has 4 rings (SSSR count). The Morgan fingerprint density at radius 2 is 1.78 bits per heavy atom. The maximum atomic E-state index is 12.3. The fraction of sp³-hybridized carbons (Fsp3) is 0.250. The molecule has 0 bridgehead atoms. The Morgan fingerprint density at radius 3 is 2.56 bits per heavy atom. The normalized spacial score (nSPS) is 14.2. The molecule has 2 aromatic carbocycles. The van der Waals surface area contributed by atoms with E-state index in [-0.39, 0.29) is 18.0 Å². The van der Waals surface area contributed by atoms with Crippen molar-refractivity contribution in [3.63, 3.8) is 0 Å². The van der Waals surface area contributed by atoms with Gasteiger partial charge < -0.3 is 10.6 Å². The number of nitrogens with zero attached hydrogens (tertiary/aromatic N) is 1. The number of hydrogen-bond donors (Lipinski definition) is 3. The first-order valence-corrected chi connectivity index (χ1v) is 9.83. The first-order valence-electron chi connectivity index (χ1n) is 9.02. The van der Waals surface area contributed by atoms with E-state index in [0.29, 0.717) is 16.4 Å². The lowest BCUT2D eigenvalue weighted by Crippen LogP contribution is -2.36. The summed E-state index contributed by atoms with van der Waals surface area (Å²) in [5.41, 5.74) is 2.01. The van der Waals surface area contributed by atoms with Crippen LogP contribution in [0.1, 0.15) is 36.0 Å². The number of fused-ring (bicyclic) bond motifs is 1. The SMILES string of the molecule is O=C(Nc1ccc2sc(NC(=O)c3ccccc3)nc2c1)NC1CCCC1. The number of urea groups is 1. The molecule has 0 radical (unpaired) electrons. The topological polar surface area (TPSA) is 83.1 Å². The summed E-state index contributed by atoms with van der Waals surface area (Å²) < 4.78 is 0.945. The average molecular weight is 380 g/mol. The molecule has 1 fully saturated rings. The minimum atomic E-state index is -0.191. The van der Waals surface area contributed by atoms with Crippen LogP contribution in [-0.4, -0.2) is 23.0 Å². The molecule has 3 aromatic rings. The van der Waals surface area contributed by atoms with E-state index >= 15 is 0 Å². The van der Waals surface area contributed by atoms with Crippen molar-refractivity contribution in [3.8, 4) is 0 Å². The van der Waals surface area contributed by atoms with Gasteiger partial charge in [-0.15, -0.1) is 0 Å². The highest BCUT2D eigenvalue weighted by molar-refractivity contribution is 7.22. The van der Waals surface area contributed by atoms with Crippen molar-refractivity contribution >= 4 is 44.3 Å². The first-order chi connectivity index (χ1) is 13.2. The van der Waals surface area contributed by atoms with Gasteiger partial charge in [-0.05, 0) is 43.2 Å². The van der Waals surface area contributed by atoms with Crippen LogP contribution in [-0.2, 0) is 0 Å². The van der Waals surface area contributed by atoms with Crippen LogP contribution in [0.15, 0.2) is 48.5 Å². The van der Waals surface area contributed by atoms with Crippen LogP contribution in [0.3, 0.4) is 0 Å². The molecule has 3 amide bonds. The Morgan fingerprint density at radius 1 is 1.00 bits per heavy atom. The average Bonchev–Trinajstić information content (AvgIpc) is 3.31. The Labute approximate surface area is 161 Å². The van der Waals surface area contributed by atoms with Gasteiger partial charge in [-0.1, -0.05) is 42.4 Å². The van der Waals surface area contributed by atoms with Gasteiger partial charge in [-0.3, -0.25) is 10.1 Å². The third kappa shape index (κ3) is 4.25. The Bertz CT molecular complexity index is 965. The maximum Gasteiger partial charge on any atom is 0.319 e. The lowest BCUT2D eigenvalue weighted by molar-refractivity contribution is 0.102. The molecule has 1 saturated carbocycles. The number of amides is 3. The van der Waals surface area contributed by atoms with Crippen LogP contribution in [0.2, 0.25) is 0 Å². The van der Waals surface area contributed by atoms with Crippen molar-refractivity contribution in [2.24, 2.45) is 0 Å². The number of anilines is 2. The molecule has 3 N–H and O–H groups in total. The second kappa shape index (κ2) is 7.75. The fourth-order valence-corrected chi connectivity index (χ4v) is 4.08. The molecular weight excluding hydrogens is 360 g/mol. The smallest absolute Gasteiger partial charge is 0.319 e. The summed E-state index contributed by atoms with van der Waals surface area (Å²) in [6, 6.07) is 14.7. The van der Waals surface area contributed by atoms with Crippen LogP contribution < -0.4 is 16.0 Å². The summed E-state index contributed by atoms with van der Waals surface area (Å²) >= 11 is 1.40. The molecule has 0 atom stereocenters. The van der Waals surface area contributed by atoms with Crippen molar-refractivity contribution in [1.29, 1.82) is 0 Å². The van der Waals surface area contributed by atoms with Gasteiger partial charge in [-0.25, -0.2) is 9.78 Å². The predicted octanol–water partition coefficient (Wildman–Crippen LogP) is 4.61. The number of benzene rings is 2. The van der Waals surface area contributed by atoms with Crippen LogP contribution in [0.5, 0.6) is 0 Å². The van der Waals surface area contributed by atoms with Crippen LogP contribution in [0, 0.1) is 0 Å². The lowest BCUT2D eigenvalue weighted by Gasteiger charge is -2.12. The van der Waals surface area contributed by atoms with Gasteiger partial charge in [0, 0.05) is 17.3 Å². The van der Waals surface area contributed by atoms with Gasteiger partial charge in [0.2, 0.25) is 0 Å². The Kier molecular flexibility index (Phi) is 5.02. The van der Waals surface area contributed by atoms with Crippen LogP contribution in [0.4, 0.5) is 15.6 Å². The predicted molar refractivity (Wildman–Crippen MR) is 108 cm³/mol. The Balaban J connectivity index is 1.43. The van der Waals surface area contributed by atoms with E-state index < -0.39 is 0 Å². The molecule has 0 aliphatic heterocycles. The van der Waals surface area contributed by atoms with E-state index in [9.17, 15) is 9.59 Å². The van der Waals surface area contributed by atoms with Crippen molar-refractivity contribution in [2.45, 2.75) is 31.7 Å². The number of thiazole rings is 1. The van der Waals surface area contributed by atoms with Crippen molar-refractivity contribution in [2.75, 3.05) is 10.6 Å². The third-order valence-electron chi connectivity index (χ3n) is 4.59. The van der Waals surface area contributed by atoms with Crippen LogP contribution in [0.25, 0.3) is 10.2 Å². The summed E-state index contributed by atoms with van der Waals surface area (Å²) in [5, 5.41) is 9.22. The fourth-order valence-electron chi connectivity index (χ4n) is 3.24. The molecule has 1 aliphatic carbocycles. The molecule has 138 valence electrons. The zero-order valence-electron chi connectivity index (χ0n) is 14.7. The number of aromatic nitrogens is 1. The van der Waals surface area contributed by atoms with Crippen LogP contribution >= 0.6 is 11.3 Å². The van der Waals surface area contributed by atoms with Crippen molar-refractivity contribution in [3.05, 3.63) is 54.1 Å². The van der Waals surface area contributed by atoms with E-state index in [2.05, 4.69) is 20.9 Å². The van der Waals surface area contributed by atoms with Crippen molar-refractivity contribution in [1.82, 2.24) is 10.3 Å². The van der Waals surface area contributed by atoms with E-state index in [1.807, 2.05) is 36.4 Å². The van der Waals surface area contributed by atoms with Gasteiger partial charge in [0.25, 0.3) is 5.91 Å². The number of hydrogen-bond acceptors (Lipinski definition) is 4. The number of carbonyl (C=O) groups is 2. The van der Waals surface area contributed by atoms with E-state index in [1.54, 1.807) is 12.1 Å². The molecule has 0 spiro atoms.